The van der Waals surface area contributed by atoms with Crippen LogP contribution >= 0.6 is 31.9 Å². The second-order valence-electron chi connectivity index (χ2n) is 4.57. The molecule has 0 heterocycles. The van der Waals surface area contributed by atoms with Crippen LogP contribution in [0.15, 0.2) is 44.4 Å². The van der Waals surface area contributed by atoms with E-state index in [0.717, 1.165) is 0 Å². The predicted octanol–water partition coefficient (Wildman–Crippen LogP) is 3.70. The SMILES string of the molecule is COc1ccc(C(=O)N/N=C\c2cc(OC)c(O)c(Br)c2Br)cc1. The third-order valence-electron chi connectivity index (χ3n) is 3.12. The van der Waals surface area contributed by atoms with E-state index in [1.54, 1.807) is 37.4 Å². The number of phenolic OH excluding ortho intramolecular Hbond substituents is 1. The Morgan fingerprint density at radius 3 is 2.42 bits per heavy atom. The molecule has 2 rings (SSSR count). The molecule has 8 heteroatoms. The molecular formula is C16H14Br2N2O4. The minimum atomic E-state index is -0.352. The quantitative estimate of drug-likeness (QED) is 0.530. The molecule has 0 unspecified atom stereocenters. The first-order valence-electron chi connectivity index (χ1n) is 6.70. The first-order valence-corrected chi connectivity index (χ1v) is 8.29. The van der Waals surface area contributed by atoms with Gasteiger partial charge in [0.25, 0.3) is 5.91 Å². The van der Waals surface area contributed by atoms with Crippen molar-refractivity contribution in [3.05, 3.63) is 50.4 Å². The van der Waals surface area contributed by atoms with E-state index in [9.17, 15) is 9.90 Å². The number of phenols is 1. The van der Waals surface area contributed by atoms with Crippen molar-refractivity contribution < 1.29 is 19.4 Å². The highest BCUT2D eigenvalue weighted by molar-refractivity contribution is 9.13. The lowest BCUT2D eigenvalue weighted by Crippen LogP contribution is -2.17. The Bertz CT molecular complexity index is 777. The van der Waals surface area contributed by atoms with Gasteiger partial charge >= 0.3 is 0 Å². The number of methoxy groups -OCH3 is 2. The van der Waals surface area contributed by atoms with Crippen LogP contribution in [-0.4, -0.2) is 31.4 Å². The Labute approximate surface area is 155 Å². The van der Waals surface area contributed by atoms with Gasteiger partial charge in [-0.1, -0.05) is 0 Å². The molecule has 0 aromatic heterocycles. The molecule has 0 aliphatic rings. The van der Waals surface area contributed by atoms with Gasteiger partial charge in [-0.25, -0.2) is 5.43 Å². The Kier molecular flexibility index (Phi) is 6.22. The van der Waals surface area contributed by atoms with Gasteiger partial charge in [0.2, 0.25) is 0 Å². The number of hydrazone groups is 1. The van der Waals surface area contributed by atoms with Gasteiger partial charge in [-0.3, -0.25) is 4.79 Å². The van der Waals surface area contributed by atoms with Crippen LogP contribution in [0.4, 0.5) is 0 Å². The standard InChI is InChI=1S/C16H14Br2N2O4/c1-23-11-5-3-9(4-6-11)16(22)20-19-8-10-7-12(24-2)15(21)14(18)13(10)17/h3-8,21H,1-2H3,(H,20,22)/b19-8-. The van der Waals surface area contributed by atoms with Gasteiger partial charge in [-0.15, -0.1) is 0 Å². The molecule has 6 nitrogen and oxygen atoms in total. The fourth-order valence-electron chi connectivity index (χ4n) is 1.83. The molecule has 0 aliphatic heterocycles. The van der Waals surface area contributed by atoms with Gasteiger partial charge in [0.05, 0.1) is 24.9 Å². The largest absolute Gasteiger partial charge is 0.503 e. The van der Waals surface area contributed by atoms with Gasteiger partial charge in [0, 0.05) is 15.6 Å². The van der Waals surface area contributed by atoms with E-state index >= 15 is 0 Å². The van der Waals surface area contributed by atoms with Gasteiger partial charge in [-0.2, -0.15) is 5.10 Å². The van der Waals surface area contributed by atoms with E-state index < -0.39 is 0 Å². The molecule has 24 heavy (non-hydrogen) atoms. The highest BCUT2D eigenvalue weighted by atomic mass is 79.9. The second kappa shape index (κ2) is 8.16. The average Bonchev–Trinajstić information content (AvgIpc) is 2.61. The van der Waals surface area contributed by atoms with Crippen LogP contribution in [0, 0.1) is 0 Å². The van der Waals surface area contributed by atoms with E-state index in [-0.39, 0.29) is 17.4 Å². The van der Waals surface area contributed by atoms with Crippen LogP contribution in [0.3, 0.4) is 0 Å². The Morgan fingerprint density at radius 1 is 1.17 bits per heavy atom. The van der Waals surface area contributed by atoms with E-state index in [1.807, 2.05) is 0 Å². The summed E-state index contributed by atoms with van der Waals surface area (Å²) in [6.45, 7) is 0. The molecule has 0 bridgehead atoms. The number of nitrogens with one attached hydrogen (secondary N) is 1. The minimum Gasteiger partial charge on any atom is -0.503 e. The second-order valence-corrected chi connectivity index (χ2v) is 6.16. The summed E-state index contributed by atoms with van der Waals surface area (Å²) >= 11 is 6.60. The Hall–Kier alpha value is -2.06. The number of hydrogen-bond donors (Lipinski definition) is 2. The smallest absolute Gasteiger partial charge is 0.271 e. The lowest BCUT2D eigenvalue weighted by molar-refractivity contribution is 0.0955. The maximum Gasteiger partial charge on any atom is 0.271 e. The molecule has 0 fully saturated rings. The van der Waals surface area contributed by atoms with Crippen molar-refractivity contribution >= 4 is 44.0 Å². The first kappa shape index (κ1) is 18.3. The number of nitrogens with zero attached hydrogens (tertiary/aromatic N) is 1. The number of amides is 1. The average molecular weight is 458 g/mol. The Balaban J connectivity index is 2.13. The number of ether oxygens (including phenoxy) is 2. The highest BCUT2D eigenvalue weighted by Gasteiger charge is 2.13. The first-order chi connectivity index (χ1) is 11.5. The Morgan fingerprint density at radius 2 is 1.83 bits per heavy atom. The number of carbonyl (C=O) groups excluding carboxylic acids is 1. The summed E-state index contributed by atoms with van der Waals surface area (Å²) in [5.41, 5.74) is 3.51. The van der Waals surface area contributed by atoms with Crippen molar-refractivity contribution in [1.29, 1.82) is 0 Å². The molecule has 2 aromatic rings. The summed E-state index contributed by atoms with van der Waals surface area (Å²) in [5, 5.41) is 13.8. The zero-order valence-electron chi connectivity index (χ0n) is 12.8. The van der Waals surface area contributed by atoms with Crippen LogP contribution in [-0.2, 0) is 0 Å². The van der Waals surface area contributed by atoms with Crippen molar-refractivity contribution in [1.82, 2.24) is 5.43 Å². The molecule has 0 saturated carbocycles. The zero-order chi connectivity index (χ0) is 17.7. The molecule has 126 valence electrons. The summed E-state index contributed by atoms with van der Waals surface area (Å²) in [4.78, 5) is 12.0. The molecule has 0 atom stereocenters. The fraction of sp³-hybridized carbons (Fsp3) is 0.125. The van der Waals surface area contributed by atoms with E-state index in [0.29, 0.717) is 25.8 Å². The molecular weight excluding hydrogens is 444 g/mol. The van der Waals surface area contributed by atoms with Crippen molar-refractivity contribution in [2.45, 2.75) is 0 Å². The minimum absolute atomic E-state index is 0.0243. The summed E-state index contributed by atoms with van der Waals surface area (Å²) in [5.74, 6) is 0.576. The molecule has 0 radical (unpaired) electrons. The zero-order valence-corrected chi connectivity index (χ0v) is 16.0. The van der Waals surface area contributed by atoms with Gasteiger partial charge in [0.15, 0.2) is 11.5 Å². The number of aromatic hydroxyl groups is 1. The van der Waals surface area contributed by atoms with Crippen molar-refractivity contribution in [3.63, 3.8) is 0 Å². The third kappa shape index (κ3) is 4.07. The number of benzene rings is 2. The fourth-order valence-corrected chi connectivity index (χ4v) is 2.66. The summed E-state index contributed by atoms with van der Waals surface area (Å²) in [6, 6.07) is 8.25. The van der Waals surface area contributed by atoms with Gasteiger partial charge in [-0.05, 0) is 62.2 Å². The maximum absolute atomic E-state index is 12.0. The monoisotopic (exact) mass is 456 g/mol. The normalized spacial score (nSPS) is 10.7. The number of carbonyl (C=O) groups is 1. The molecule has 1 amide bonds. The number of rotatable bonds is 5. The van der Waals surface area contributed by atoms with Crippen LogP contribution in [0.5, 0.6) is 17.2 Å². The lowest BCUT2D eigenvalue weighted by atomic mass is 10.2. The molecule has 0 spiro atoms. The van der Waals surface area contributed by atoms with Crippen LogP contribution in [0.1, 0.15) is 15.9 Å². The molecule has 0 saturated heterocycles. The van der Waals surface area contributed by atoms with Crippen molar-refractivity contribution in [3.8, 4) is 17.2 Å². The summed E-state index contributed by atoms with van der Waals surface area (Å²) < 4.78 is 11.1. The third-order valence-corrected chi connectivity index (χ3v) is 5.27. The maximum atomic E-state index is 12.0. The number of hydrogen-bond acceptors (Lipinski definition) is 5. The van der Waals surface area contributed by atoms with Crippen LogP contribution in [0.2, 0.25) is 0 Å². The van der Waals surface area contributed by atoms with E-state index in [4.69, 9.17) is 9.47 Å². The van der Waals surface area contributed by atoms with Gasteiger partial charge < -0.3 is 14.6 Å². The summed E-state index contributed by atoms with van der Waals surface area (Å²) in [7, 11) is 3.00. The summed E-state index contributed by atoms with van der Waals surface area (Å²) in [6.07, 6.45) is 1.44. The van der Waals surface area contributed by atoms with Crippen molar-refractivity contribution in [2.75, 3.05) is 14.2 Å². The molecule has 2 N–H and O–H groups in total. The lowest BCUT2D eigenvalue weighted by Gasteiger charge is -2.09. The van der Waals surface area contributed by atoms with Gasteiger partial charge in [0.1, 0.15) is 5.75 Å². The molecule has 2 aromatic carbocycles. The van der Waals surface area contributed by atoms with Crippen LogP contribution < -0.4 is 14.9 Å². The van der Waals surface area contributed by atoms with E-state index in [1.165, 1.54) is 13.3 Å². The van der Waals surface area contributed by atoms with Crippen molar-refractivity contribution in [2.24, 2.45) is 5.10 Å². The predicted molar refractivity (Wildman–Crippen MR) is 98.1 cm³/mol. The molecule has 0 aliphatic carbocycles. The van der Waals surface area contributed by atoms with Crippen LogP contribution in [0.25, 0.3) is 0 Å². The van der Waals surface area contributed by atoms with E-state index in [2.05, 4.69) is 42.4 Å². The number of halogens is 2. The highest BCUT2D eigenvalue weighted by Crippen LogP contribution is 2.41. The topological polar surface area (TPSA) is 80.2 Å².